The first-order valence-electron chi connectivity index (χ1n) is 12.7. The van der Waals surface area contributed by atoms with Crippen LogP contribution in [0.2, 0.25) is 0 Å². The van der Waals surface area contributed by atoms with Crippen molar-refractivity contribution in [2.45, 2.75) is 30.0 Å². The minimum Gasteiger partial charge on any atom is -0.483 e. The first-order chi connectivity index (χ1) is 19.3. The summed E-state index contributed by atoms with van der Waals surface area (Å²) < 4.78 is 6.00. The number of rotatable bonds is 6. The number of thioether (sulfide) groups is 1. The van der Waals surface area contributed by atoms with Crippen molar-refractivity contribution in [3.63, 3.8) is 0 Å². The van der Waals surface area contributed by atoms with Crippen LogP contribution in [-0.2, 0) is 14.4 Å². The number of aromatic amines is 1. The van der Waals surface area contributed by atoms with Gasteiger partial charge in [-0.05, 0) is 49.7 Å². The molecular formula is C30H25N3O5S2. The van der Waals surface area contributed by atoms with E-state index in [9.17, 15) is 19.2 Å². The van der Waals surface area contributed by atoms with E-state index in [0.29, 0.717) is 32.6 Å². The number of ether oxygens (including phenoxy) is 1. The molecule has 1 saturated heterocycles. The monoisotopic (exact) mass is 571 g/mol. The quantitative estimate of drug-likeness (QED) is 0.320. The van der Waals surface area contributed by atoms with E-state index in [1.807, 2.05) is 56.3 Å². The second-order valence-corrected chi connectivity index (χ2v) is 12.0. The molecule has 1 aromatic heterocycles. The Labute approximate surface area is 238 Å². The predicted molar refractivity (Wildman–Crippen MR) is 155 cm³/mol. The number of aromatic nitrogens is 1. The fraction of sp³-hybridized carbons (Fsp3) is 0.200. The van der Waals surface area contributed by atoms with E-state index in [1.165, 1.54) is 16.7 Å². The van der Waals surface area contributed by atoms with Crippen LogP contribution in [0, 0.1) is 19.8 Å². The molecule has 10 heteroatoms. The highest BCUT2D eigenvalue weighted by Crippen LogP contribution is 2.54. The maximum absolute atomic E-state index is 13.9. The van der Waals surface area contributed by atoms with Gasteiger partial charge in [-0.2, -0.15) is 0 Å². The van der Waals surface area contributed by atoms with Gasteiger partial charge in [-0.3, -0.25) is 19.2 Å². The number of hydrogen-bond donors (Lipinski definition) is 2. The third kappa shape index (κ3) is 4.73. The largest absolute Gasteiger partial charge is 0.483 e. The molecule has 0 bridgehead atoms. The van der Waals surface area contributed by atoms with E-state index < -0.39 is 17.1 Å². The summed E-state index contributed by atoms with van der Waals surface area (Å²) in [5, 5.41) is 2.70. The summed E-state index contributed by atoms with van der Waals surface area (Å²) in [6.07, 6.45) is 0. The smallest absolute Gasteiger partial charge is 0.305 e. The highest BCUT2D eigenvalue weighted by molar-refractivity contribution is 8.00. The Morgan fingerprint density at radius 2 is 1.73 bits per heavy atom. The topological polar surface area (TPSA) is 109 Å². The van der Waals surface area contributed by atoms with Crippen LogP contribution in [-0.4, -0.2) is 34.6 Å². The van der Waals surface area contributed by atoms with E-state index in [0.717, 1.165) is 22.5 Å². The lowest BCUT2D eigenvalue weighted by molar-refractivity contribution is -0.122. The van der Waals surface area contributed by atoms with Crippen LogP contribution in [0.3, 0.4) is 0 Å². The van der Waals surface area contributed by atoms with Crippen molar-refractivity contribution in [2.24, 2.45) is 5.92 Å². The molecule has 2 aliphatic heterocycles. The van der Waals surface area contributed by atoms with Gasteiger partial charge in [-0.1, -0.05) is 71.1 Å². The molecule has 3 aromatic carbocycles. The molecule has 3 unspecified atom stereocenters. The van der Waals surface area contributed by atoms with Crippen molar-refractivity contribution in [3.8, 4) is 5.75 Å². The molecule has 2 aliphatic rings. The molecule has 1 fully saturated rings. The number of amides is 3. The number of imide groups is 1. The van der Waals surface area contributed by atoms with E-state index in [4.69, 9.17) is 4.74 Å². The van der Waals surface area contributed by atoms with Gasteiger partial charge in [0.15, 0.2) is 6.61 Å². The zero-order chi connectivity index (χ0) is 28.0. The summed E-state index contributed by atoms with van der Waals surface area (Å²) in [4.78, 5) is 57.2. The number of benzene rings is 3. The summed E-state index contributed by atoms with van der Waals surface area (Å²) in [5.41, 5.74) is 3.87. The van der Waals surface area contributed by atoms with Gasteiger partial charge in [-0.25, -0.2) is 4.90 Å². The maximum atomic E-state index is 13.9. The Bertz CT molecular complexity index is 1690. The molecule has 0 radical (unpaired) electrons. The number of para-hydroxylation sites is 1. The van der Waals surface area contributed by atoms with Crippen molar-refractivity contribution in [2.75, 3.05) is 16.8 Å². The van der Waals surface area contributed by atoms with Gasteiger partial charge < -0.3 is 15.0 Å². The van der Waals surface area contributed by atoms with Gasteiger partial charge in [0.2, 0.25) is 11.8 Å². The van der Waals surface area contributed by atoms with Crippen molar-refractivity contribution < 1.29 is 19.1 Å². The van der Waals surface area contributed by atoms with E-state index >= 15 is 0 Å². The summed E-state index contributed by atoms with van der Waals surface area (Å²) in [6.45, 7) is 3.63. The number of carbonyl (C=O) groups excluding carboxylic acids is 3. The zero-order valence-electron chi connectivity index (χ0n) is 21.7. The number of anilines is 2. The molecule has 0 saturated carbocycles. The van der Waals surface area contributed by atoms with Crippen LogP contribution in [0.15, 0.2) is 82.6 Å². The van der Waals surface area contributed by atoms with Gasteiger partial charge in [0.05, 0.1) is 16.6 Å². The van der Waals surface area contributed by atoms with Crippen LogP contribution in [0.4, 0.5) is 11.4 Å². The average molecular weight is 572 g/mol. The van der Waals surface area contributed by atoms with Crippen LogP contribution in [0.25, 0.3) is 0 Å². The molecule has 8 nitrogen and oxygen atoms in total. The van der Waals surface area contributed by atoms with Crippen molar-refractivity contribution in [1.82, 2.24) is 4.98 Å². The Balaban J connectivity index is 1.34. The van der Waals surface area contributed by atoms with E-state index in [-0.39, 0.29) is 29.2 Å². The Kier molecular flexibility index (Phi) is 6.81. The number of H-pyrrole nitrogens is 1. The summed E-state index contributed by atoms with van der Waals surface area (Å²) in [7, 11) is 0. The Morgan fingerprint density at radius 3 is 2.50 bits per heavy atom. The summed E-state index contributed by atoms with van der Waals surface area (Å²) in [6, 6.07) is 21.9. The number of nitrogens with zero attached hydrogens (tertiary/aromatic N) is 1. The molecule has 2 N–H and O–H groups in total. The van der Waals surface area contributed by atoms with Crippen molar-refractivity contribution >= 4 is 52.2 Å². The number of carbonyl (C=O) groups is 3. The molecule has 0 aliphatic carbocycles. The second-order valence-electron chi connectivity index (χ2n) is 9.84. The van der Waals surface area contributed by atoms with Crippen LogP contribution in [0.1, 0.15) is 27.5 Å². The second kappa shape index (κ2) is 10.4. The molecule has 4 aromatic rings. The zero-order valence-corrected chi connectivity index (χ0v) is 23.3. The molecule has 3 atom stereocenters. The van der Waals surface area contributed by atoms with Crippen LogP contribution < -0.4 is 19.8 Å². The lowest BCUT2D eigenvalue weighted by Gasteiger charge is -2.30. The third-order valence-electron chi connectivity index (χ3n) is 7.03. The Morgan fingerprint density at radius 1 is 0.950 bits per heavy atom. The lowest BCUT2D eigenvalue weighted by atomic mass is 9.82. The minimum atomic E-state index is -0.747. The highest BCUT2D eigenvalue weighted by atomic mass is 32.2. The van der Waals surface area contributed by atoms with Gasteiger partial charge in [-0.15, -0.1) is 0 Å². The summed E-state index contributed by atoms with van der Waals surface area (Å²) in [5.74, 6) is -1.91. The SMILES string of the molecule is Cc1ccc(N2C(=O)C3Sc4[nH]c(=O)sc4C(c4ccccc4OCC(=O)Nc4cccc(C)c4)C3C2=O)cc1. The first-order valence-corrected chi connectivity index (χ1v) is 14.4. The minimum absolute atomic E-state index is 0.251. The first kappa shape index (κ1) is 26.1. The number of aryl methyl sites for hydroxylation is 2. The van der Waals surface area contributed by atoms with E-state index in [2.05, 4.69) is 10.3 Å². The molecule has 202 valence electrons. The number of thiazole rings is 1. The standard InChI is InChI=1S/C30H25N3O5S2/c1-16-10-12-19(13-11-16)33-28(35)24-23(25-27(32-30(37)40-25)39-26(24)29(33)36)20-8-3-4-9-21(20)38-15-22(34)31-18-7-5-6-17(2)14-18/h3-14,23-24,26H,15H2,1-2H3,(H,31,34)(H,32,37). The molecule has 40 heavy (non-hydrogen) atoms. The van der Waals surface area contributed by atoms with E-state index in [1.54, 1.807) is 30.3 Å². The van der Waals surface area contributed by atoms with Gasteiger partial charge >= 0.3 is 4.87 Å². The summed E-state index contributed by atoms with van der Waals surface area (Å²) >= 11 is 2.26. The average Bonchev–Trinajstić information content (AvgIpc) is 3.42. The van der Waals surface area contributed by atoms with Gasteiger partial charge in [0, 0.05) is 22.0 Å². The lowest BCUT2D eigenvalue weighted by Crippen LogP contribution is -2.32. The van der Waals surface area contributed by atoms with Gasteiger partial charge in [0.25, 0.3) is 5.91 Å². The molecule has 0 spiro atoms. The number of nitrogens with one attached hydrogen (secondary N) is 2. The molecular weight excluding hydrogens is 546 g/mol. The number of fused-ring (bicyclic) bond motifs is 2. The highest BCUT2D eigenvalue weighted by Gasteiger charge is 2.56. The predicted octanol–water partition coefficient (Wildman–Crippen LogP) is 4.87. The third-order valence-corrected chi connectivity index (χ3v) is 9.43. The van der Waals surface area contributed by atoms with Gasteiger partial charge in [0.1, 0.15) is 11.0 Å². The normalized spacial score (nSPS) is 19.8. The molecule has 6 rings (SSSR count). The fourth-order valence-corrected chi connectivity index (χ4v) is 7.74. The fourth-order valence-electron chi connectivity index (χ4n) is 5.23. The van der Waals surface area contributed by atoms with Crippen LogP contribution in [0.5, 0.6) is 5.75 Å². The molecule has 3 heterocycles. The van der Waals surface area contributed by atoms with Crippen molar-refractivity contribution in [3.05, 3.63) is 104 Å². The van der Waals surface area contributed by atoms with Crippen molar-refractivity contribution in [1.29, 1.82) is 0 Å². The number of hydrogen-bond acceptors (Lipinski definition) is 7. The Hall–Kier alpha value is -4.15. The maximum Gasteiger partial charge on any atom is 0.305 e. The van der Waals surface area contributed by atoms with Crippen LogP contribution >= 0.6 is 23.1 Å². The molecule has 3 amide bonds.